The van der Waals surface area contributed by atoms with Gasteiger partial charge in [-0.1, -0.05) is 26.8 Å². The summed E-state index contributed by atoms with van der Waals surface area (Å²) >= 11 is 0. The number of H-pyrrole nitrogens is 1. The van der Waals surface area contributed by atoms with Crippen LogP contribution < -0.4 is 5.56 Å². The van der Waals surface area contributed by atoms with Crippen molar-refractivity contribution in [2.75, 3.05) is 6.54 Å². The van der Waals surface area contributed by atoms with Crippen LogP contribution in [0.2, 0.25) is 0 Å². The normalized spacial score (nSPS) is 17.4. The lowest BCUT2D eigenvalue weighted by molar-refractivity contribution is 0.0722. The molecule has 0 spiro atoms. The number of rotatable bonds is 3. The quantitative estimate of drug-likeness (QED) is 0.760. The Bertz CT molecular complexity index is 1070. The molecule has 1 saturated heterocycles. The van der Waals surface area contributed by atoms with E-state index in [2.05, 4.69) is 30.9 Å². The molecule has 28 heavy (non-hydrogen) atoms. The Morgan fingerprint density at radius 1 is 1.21 bits per heavy atom. The summed E-state index contributed by atoms with van der Waals surface area (Å²) in [5.41, 5.74) is 2.27. The van der Waals surface area contributed by atoms with Crippen molar-refractivity contribution in [2.45, 2.75) is 51.6 Å². The number of likely N-dealkylation sites (tertiary alicyclic amines) is 1. The molecule has 0 bridgehead atoms. The van der Waals surface area contributed by atoms with Crippen molar-refractivity contribution in [1.29, 1.82) is 0 Å². The number of hydrogen-bond acceptors (Lipinski definition) is 3. The zero-order valence-electron chi connectivity index (χ0n) is 16.6. The molecule has 2 aromatic heterocycles. The van der Waals surface area contributed by atoms with E-state index in [1.165, 1.54) is 4.68 Å². The van der Waals surface area contributed by atoms with Crippen LogP contribution in [0.3, 0.4) is 0 Å². The van der Waals surface area contributed by atoms with E-state index in [1.54, 1.807) is 12.1 Å². The van der Waals surface area contributed by atoms with Gasteiger partial charge >= 0.3 is 0 Å². The van der Waals surface area contributed by atoms with Gasteiger partial charge in [0.05, 0.1) is 18.3 Å². The van der Waals surface area contributed by atoms with Gasteiger partial charge in [-0.2, -0.15) is 5.10 Å². The number of nitrogens with zero attached hydrogens (tertiary/aromatic N) is 3. The SMILES string of the molecule is CC(C)(C)c1ccc(=O)n(CC2CCCN2C(=O)c2cccc3[nH]ccc23)n1. The molecular weight excluding hydrogens is 352 g/mol. The number of benzene rings is 1. The maximum Gasteiger partial charge on any atom is 0.266 e. The van der Waals surface area contributed by atoms with E-state index in [0.717, 1.165) is 29.4 Å². The Balaban J connectivity index is 1.62. The first-order valence-corrected chi connectivity index (χ1v) is 9.80. The van der Waals surface area contributed by atoms with E-state index in [4.69, 9.17) is 0 Å². The standard InChI is InChI=1S/C22H26N4O2/c1-22(2,3)19-9-10-20(27)26(24-19)14-15-6-5-13-25(15)21(28)17-7-4-8-18-16(17)11-12-23-18/h4,7-12,15,23H,5-6,13-14H2,1-3H3. The van der Waals surface area contributed by atoms with Gasteiger partial charge in [0.15, 0.2) is 0 Å². The van der Waals surface area contributed by atoms with Crippen LogP contribution in [0.15, 0.2) is 47.4 Å². The number of fused-ring (bicyclic) bond motifs is 1. The molecule has 4 rings (SSSR count). The zero-order chi connectivity index (χ0) is 19.9. The van der Waals surface area contributed by atoms with Gasteiger partial charge in [-0.3, -0.25) is 9.59 Å². The molecule has 146 valence electrons. The fraction of sp³-hybridized carbons (Fsp3) is 0.409. The lowest BCUT2D eigenvalue weighted by Crippen LogP contribution is -2.41. The minimum absolute atomic E-state index is 0.0210. The van der Waals surface area contributed by atoms with E-state index in [0.29, 0.717) is 18.7 Å². The average Bonchev–Trinajstić information content (AvgIpc) is 3.30. The fourth-order valence-corrected chi connectivity index (χ4v) is 3.90. The predicted molar refractivity (Wildman–Crippen MR) is 110 cm³/mol. The van der Waals surface area contributed by atoms with E-state index in [-0.39, 0.29) is 22.9 Å². The third kappa shape index (κ3) is 3.35. The molecule has 1 aromatic carbocycles. The van der Waals surface area contributed by atoms with Gasteiger partial charge in [0, 0.05) is 40.7 Å². The smallest absolute Gasteiger partial charge is 0.266 e. The second kappa shape index (κ2) is 6.93. The highest BCUT2D eigenvalue weighted by Gasteiger charge is 2.31. The molecule has 0 radical (unpaired) electrons. The Kier molecular flexibility index (Phi) is 4.57. The monoisotopic (exact) mass is 378 g/mol. The molecule has 1 aliphatic rings. The van der Waals surface area contributed by atoms with Crippen molar-refractivity contribution in [1.82, 2.24) is 19.7 Å². The van der Waals surface area contributed by atoms with Crippen LogP contribution in [-0.4, -0.2) is 38.2 Å². The molecule has 6 nitrogen and oxygen atoms in total. The molecule has 1 aliphatic heterocycles. The number of carbonyl (C=O) groups is 1. The van der Waals surface area contributed by atoms with Gasteiger partial charge < -0.3 is 9.88 Å². The maximum atomic E-state index is 13.3. The molecular formula is C22H26N4O2. The van der Waals surface area contributed by atoms with Gasteiger partial charge in [-0.15, -0.1) is 0 Å². The summed E-state index contributed by atoms with van der Waals surface area (Å²) in [5, 5.41) is 5.51. The van der Waals surface area contributed by atoms with Crippen LogP contribution in [0.5, 0.6) is 0 Å². The van der Waals surface area contributed by atoms with Crippen molar-refractivity contribution in [3.8, 4) is 0 Å². The maximum absolute atomic E-state index is 13.3. The van der Waals surface area contributed by atoms with Crippen LogP contribution in [0.25, 0.3) is 10.9 Å². The second-order valence-corrected chi connectivity index (χ2v) is 8.53. The summed E-state index contributed by atoms with van der Waals surface area (Å²) in [6, 6.07) is 11.0. The number of nitrogens with one attached hydrogen (secondary N) is 1. The number of hydrogen-bond donors (Lipinski definition) is 1. The van der Waals surface area contributed by atoms with Crippen molar-refractivity contribution in [3.05, 3.63) is 64.2 Å². The summed E-state index contributed by atoms with van der Waals surface area (Å²) in [4.78, 5) is 30.7. The van der Waals surface area contributed by atoms with Gasteiger partial charge in [0.2, 0.25) is 0 Å². The highest BCUT2D eigenvalue weighted by Crippen LogP contribution is 2.25. The van der Waals surface area contributed by atoms with Crippen LogP contribution >= 0.6 is 0 Å². The summed E-state index contributed by atoms with van der Waals surface area (Å²) < 4.78 is 1.52. The molecule has 1 unspecified atom stereocenters. The van der Waals surface area contributed by atoms with Crippen molar-refractivity contribution in [3.63, 3.8) is 0 Å². The molecule has 1 fully saturated rings. The molecule has 0 aliphatic carbocycles. The van der Waals surface area contributed by atoms with Crippen molar-refractivity contribution >= 4 is 16.8 Å². The molecule has 1 amide bonds. The molecule has 1 atom stereocenters. The van der Waals surface area contributed by atoms with E-state index in [1.807, 2.05) is 35.4 Å². The molecule has 6 heteroatoms. The largest absolute Gasteiger partial charge is 0.361 e. The van der Waals surface area contributed by atoms with E-state index < -0.39 is 0 Å². The molecule has 0 saturated carbocycles. The molecule has 3 aromatic rings. The number of aromatic nitrogens is 3. The summed E-state index contributed by atoms with van der Waals surface area (Å²) in [5.74, 6) is 0.0210. The van der Waals surface area contributed by atoms with Crippen molar-refractivity contribution in [2.24, 2.45) is 0 Å². The van der Waals surface area contributed by atoms with Crippen LogP contribution in [0.1, 0.15) is 49.7 Å². The van der Waals surface area contributed by atoms with Gasteiger partial charge in [0.25, 0.3) is 11.5 Å². The zero-order valence-corrected chi connectivity index (χ0v) is 16.6. The summed E-state index contributed by atoms with van der Waals surface area (Å²) in [6.45, 7) is 7.36. The number of carbonyl (C=O) groups excluding carboxylic acids is 1. The lowest BCUT2D eigenvalue weighted by atomic mass is 9.92. The highest BCUT2D eigenvalue weighted by molar-refractivity contribution is 6.06. The second-order valence-electron chi connectivity index (χ2n) is 8.53. The Morgan fingerprint density at radius 2 is 2.04 bits per heavy atom. The van der Waals surface area contributed by atoms with E-state index in [9.17, 15) is 9.59 Å². The third-order valence-corrected chi connectivity index (χ3v) is 5.48. The van der Waals surface area contributed by atoms with Crippen LogP contribution in [0, 0.1) is 0 Å². The fourth-order valence-electron chi connectivity index (χ4n) is 3.90. The van der Waals surface area contributed by atoms with Gasteiger partial charge in [-0.05, 0) is 37.1 Å². The molecule has 1 N–H and O–H groups in total. The van der Waals surface area contributed by atoms with E-state index >= 15 is 0 Å². The third-order valence-electron chi connectivity index (χ3n) is 5.48. The Morgan fingerprint density at radius 3 is 2.82 bits per heavy atom. The first-order chi connectivity index (χ1) is 13.3. The lowest BCUT2D eigenvalue weighted by Gasteiger charge is -2.26. The number of aromatic amines is 1. The summed E-state index contributed by atoms with van der Waals surface area (Å²) in [6.07, 6.45) is 3.67. The average molecular weight is 378 g/mol. The topological polar surface area (TPSA) is 71.0 Å². The van der Waals surface area contributed by atoms with Gasteiger partial charge in [0.1, 0.15) is 0 Å². The minimum atomic E-state index is -0.134. The predicted octanol–water partition coefficient (Wildman–Crippen LogP) is 3.33. The molecule has 3 heterocycles. The highest BCUT2D eigenvalue weighted by atomic mass is 16.2. The number of amides is 1. The van der Waals surface area contributed by atoms with Crippen molar-refractivity contribution < 1.29 is 4.79 Å². The Hall–Kier alpha value is -2.89. The first-order valence-electron chi connectivity index (χ1n) is 9.80. The summed E-state index contributed by atoms with van der Waals surface area (Å²) in [7, 11) is 0. The minimum Gasteiger partial charge on any atom is -0.361 e. The van der Waals surface area contributed by atoms with Crippen LogP contribution in [0.4, 0.5) is 0 Å². The Labute approximate surface area is 164 Å². The van der Waals surface area contributed by atoms with Crippen LogP contribution in [-0.2, 0) is 12.0 Å². The first kappa shape index (κ1) is 18.5. The van der Waals surface area contributed by atoms with Gasteiger partial charge in [-0.25, -0.2) is 4.68 Å².